The molecule has 112 valence electrons. The second-order valence-corrected chi connectivity index (χ2v) is 6.55. The molecule has 1 amide bonds. The molecule has 3 atom stereocenters. The van der Waals surface area contributed by atoms with Gasteiger partial charge in [0, 0.05) is 19.1 Å². The van der Waals surface area contributed by atoms with Crippen molar-refractivity contribution < 1.29 is 4.79 Å². The molecule has 0 spiro atoms. The number of hydrogen-bond donors (Lipinski definition) is 2. The Labute approximate surface area is 118 Å². The summed E-state index contributed by atoms with van der Waals surface area (Å²) in [6.45, 7) is 11.5. The first-order valence-electron chi connectivity index (χ1n) is 7.67. The maximum Gasteiger partial charge on any atom is 0.240 e. The molecular weight excluding hydrogens is 238 g/mol. The number of nitrogens with two attached hydrogens (primary N) is 1. The minimum atomic E-state index is -0.738. The van der Waals surface area contributed by atoms with E-state index in [1.54, 1.807) is 0 Å². The molecule has 1 fully saturated rings. The van der Waals surface area contributed by atoms with Crippen LogP contribution in [0.15, 0.2) is 0 Å². The lowest BCUT2D eigenvalue weighted by Crippen LogP contribution is -2.55. The molecule has 1 aliphatic rings. The Morgan fingerprint density at radius 1 is 1.58 bits per heavy atom. The fourth-order valence-corrected chi connectivity index (χ4v) is 2.91. The summed E-state index contributed by atoms with van der Waals surface area (Å²) in [6, 6.07) is 0.164. The third-order valence-electron chi connectivity index (χ3n) is 3.94. The molecule has 1 aliphatic heterocycles. The van der Waals surface area contributed by atoms with Crippen LogP contribution in [0.3, 0.4) is 0 Å². The van der Waals surface area contributed by atoms with Crippen molar-refractivity contribution in [3.05, 3.63) is 0 Å². The number of piperidine rings is 1. The molecule has 0 aromatic heterocycles. The number of carbonyl (C=O) groups is 1. The second kappa shape index (κ2) is 7.25. The van der Waals surface area contributed by atoms with Gasteiger partial charge < -0.3 is 16.0 Å². The van der Waals surface area contributed by atoms with Crippen molar-refractivity contribution in [1.29, 1.82) is 0 Å². The monoisotopic (exact) mass is 269 g/mol. The Morgan fingerprint density at radius 3 is 2.84 bits per heavy atom. The van der Waals surface area contributed by atoms with Crippen LogP contribution in [0.5, 0.6) is 0 Å². The van der Waals surface area contributed by atoms with Gasteiger partial charge in [0.2, 0.25) is 5.91 Å². The lowest BCUT2D eigenvalue weighted by molar-refractivity contribution is -0.126. The number of amides is 1. The van der Waals surface area contributed by atoms with Gasteiger partial charge in [0.1, 0.15) is 0 Å². The summed E-state index contributed by atoms with van der Waals surface area (Å²) >= 11 is 0. The first kappa shape index (κ1) is 16.4. The van der Waals surface area contributed by atoms with Crippen molar-refractivity contribution >= 4 is 5.91 Å². The van der Waals surface area contributed by atoms with Crippen LogP contribution < -0.4 is 11.1 Å². The minimum Gasteiger partial charge on any atom is -0.351 e. The molecule has 0 aliphatic carbocycles. The van der Waals surface area contributed by atoms with E-state index in [0.29, 0.717) is 0 Å². The number of rotatable bonds is 6. The van der Waals surface area contributed by atoms with Gasteiger partial charge in [-0.1, -0.05) is 20.3 Å². The van der Waals surface area contributed by atoms with Crippen LogP contribution >= 0.6 is 0 Å². The minimum absolute atomic E-state index is 0.0214. The highest BCUT2D eigenvalue weighted by molar-refractivity contribution is 5.85. The average molecular weight is 269 g/mol. The largest absolute Gasteiger partial charge is 0.351 e. The van der Waals surface area contributed by atoms with Gasteiger partial charge in [-0.05, 0) is 45.6 Å². The van der Waals surface area contributed by atoms with E-state index in [0.717, 1.165) is 38.4 Å². The summed E-state index contributed by atoms with van der Waals surface area (Å²) in [7, 11) is 0. The highest BCUT2D eigenvalue weighted by Gasteiger charge is 2.28. The topological polar surface area (TPSA) is 58.4 Å². The van der Waals surface area contributed by atoms with Gasteiger partial charge in [-0.25, -0.2) is 0 Å². The number of carbonyl (C=O) groups excluding carboxylic acids is 1. The van der Waals surface area contributed by atoms with E-state index in [-0.39, 0.29) is 11.9 Å². The molecule has 0 saturated carbocycles. The van der Waals surface area contributed by atoms with E-state index in [1.807, 2.05) is 6.92 Å². The molecule has 0 aromatic carbocycles. The van der Waals surface area contributed by atoms with Crippen molar-refractivity contribution in [2.24, 2.45) is 11.7 Å². The summed E-state index contributed by atoms with van der Waals surface area (Å²) in [5.74, 6) is 0.753. The van der Waals surface area contributed by atoms with E-state index in [4.69, 9.17) is 5.73 Å². The summed E-state index contributed by atoms with van der Waals surface area (Å²) in [4.78, 5) is 14.6. The molecule has 1 rings (SSSR count). The molecule has 3 N–H and O–H groups in total. The van der Waals surface area contributed by atoms with Crippen molar-refractivity contribution in [2.45, 2.75) is 65.0 Å². The Balaban J connectivity index is 2.37. The van der Waals surface area contributed by atoms with Gasteiger partial charge in [-0.3, -0.25) is 4.79 Å². The molecule has 19 heavy (non-hydrogen) atoms. The van der Waals surface area contributed by atoms with Crippen LogP contribution in [0.25, 0.3) is 0 Å². The Hall–Kier alpha value is -0.610. The lowest BCUT2D eigenvalue weighted by Gasteiger charge is -2.34. The maximum atomic E-state index is 12.1. The zero-order chi connectivity index (χ0) is 14.5. The molecule has 3 unspecified atom stereocenters. The Bertz CT molecular complexity index is 291. The first-order valence-corrected chi connectivity index (χ1v) is 7.67. The van der Waals surface area contributed by atoms with Gasteiger partial charge >= 0.3 is 0 Å². The van der Waals surface area contributed by atoms with Crippen LogP contribution in [0.2, 0.25) is 0 Å². The number of nitrogens with zero attached hydrogens (tertiary/aromatic N) is 1. The molecule has 0 aromatic rings. The van der Waals surface area contributed by atoms with Gasteiger partial charge in [0.05, 0.1) is 5.54 Å². The maximum absolute atomic E-state index is 12.1. The number of nitrogens with one attached hydrogen (secondary N) is 1. The van der Waals surface area contributed by atoms with Crippen LogP contribution in [-0.2, 0) is 4.79 Å². The highest BCUT2D eigenvalue weighted by Crippen LogP contribution is 2.15. The van der Waals surface area contributed by atoms with E-state index in [1.165, 1.54) is 12.8 Å². The fourth-order valence-electron chi connectivity index (χ4n) is 2.91. The van der Waals surface area contributed by atoms with Crippen molar-refractivity contribution in [1.82, 2.24) is 10.2 Å². The molecular formula is C15H31N3O. The van der Waals surface area contributed by atoms with Crippen LogP contribution in [-0.4, -0.2) is 42.0 Å². The molecule has 0 radical (unpaired) electrons. The molecule has 1 heterocycles. The zero-order valence-electron chi connectivity index (χ0n) is 13.0. The predicted octanol–water partition coefficient (Wildman–Crippen LogP) is 1.74. The van der Waals surface area contributed by atoms with E-state index < -0.39 is 5.54 Å². The highest BCUT2D eigenvalue weighted by atomic mass is 16.2. The number of hydrogen-bond acceptors (Lipinski definition) is 3. The third kappa shape index (κ3) is 5.49. The normalized spacial score (nSPS) is 25.6. The molecule has 4 heteroatoms. The molecule has 1 saturated heterocycles. The first-order chi connectivity index (χ1) is 8.85. The van der Waals surface area contributed by atoms with Gasteiger partial charge in [0.25, 0.3) is 0 Å². The predicted molar refractivity (Wildman–Crippen MR) is 79.9 cm³/mol. The summed E-state index contributed by atoms with van der Waals surface area (Å²) in [6.07, 6.45) is 4.26. The Kier molecular flexibility index (Phi) is 6.27. The van der Waals surface area contributed by atoms with E-state index >= 15 is 0 Å². The van der Waals surface area contributed by atoms with Gasteiger partial charge in [-0.2, -0.15) is 0 Å². The van der Waals surface area contributed by atoms with Crippen molar-refractivity contribution in [3.63, 3.8) is 0 Å². The average Bonchev–Trinajstić information content (AvgIpc) is 2.28. The fraction of sp³-hybridized carbons (Fsp3) is 0.933. The molecule has 0 bridgehead atoms. The second-order valence-electron chi connectivity index (χ2n) is 6.55. The summed E-state index contributed by atoms with van der Waals surface area (Å²) in [5, 5.41) is 3.06. The van der Waals surface area contributed by atoms with Gasteiger partial charge in [-0.15, -0.1) is 0 Å². The van der Waals surface area contributed by atoms with E-state index in [2.05, 4.69) is 31.0 Å². The van der Waals surface area contributed by atoms with Crippen LogP contribution in [0, 0.1) is 5.92 Å². The zero-order valence-corrected chi connectivity index (χ0v) is 13.0. The van der Waals surface area contributed by atoms with E-state index in [9.17, 15) is 4.79 Å². The SMILES string of the molecule is CCCC(C)(N)C(=O)NC(C)CN1CCCC(C)C1. The van der Waals surface area contributed by atoms with Crippen LogP contribution in [0.1, 0.15) is 53.4 Å². The van der Waals surface area contributed by atoms with Crippen molar-refractivity contribution in [3.8, 4) is 0 Å². The summed E-state index contributed by atoms with van der Waals surface area (Å²) < 4.78 is 0. The quantitative estimate of drug-likeness (QED) is 0.772. The standard InChI is InChI=1S/C15H31N3O/c1-5-8-15(4,16)14(19)17-13(3)11-18-9-6-7-12(2)10-18/h12-13H,5-11,16H2,1-4H3,(H,17,19). The lowest BCUT2D eigenvalue weighted by atomic mass is 9.96. The molecule has 4 nitrogen and oxygen atoms in total. The van der Waals surface area contributed by atoms with Gasteiger partial charge in [0.15, 0.2) is 0 Å². The Morgan fingerprint density at radius 2 is 2.26 bits per heavy atom. The number of likely N-dealkylation sites (tertiary alicyclic amines) is 1. The van der Waals surface area contributed by atoms with Crippen LogP contribution in [0.4, 0.5) is 0 Å². The summed E-state index contributed by atoms with van der Waals surface area (Å²) in [5.41, 5.74) is 5.31. The smallest absolute Gasteiger partial charge is 0.240 e. The van der Waals surface area contributed by atoms with Crippen molar-refractivity contribution in [2.75, 3.05) is 19.6 Å². The third-order valence-corrected chi connectivity index (χ3v) is 3.94.